The van der Waals surface area contributed by atoms with Gasteiger partial charge in [-0.2, -0.15) is 0 Å². The number of benzene rings is 1. The second kappa shape index (κ2) is 5.15. The molecule has 0 saturated carbocycles. The Morgan fingerprint density at radius 2 is 2.21 bits per heavy atom. The largest absolute Gasteiger partial charge is 0.298 e. The van der Waals surface area contributed by atoms with Crippen molar-refractivity contribution in [2.24, 2.45) is 5.92 Å². The first-order chi connectivity index (χ1) is 6.65. The standard InChI is InChI=1S/C11H13FOS/c1-8(2)7-14-11-5-3-4-10(12)9(11)6-13/h3-6,8H,7H2,1-2H3. The number of carbonyl (C=O) groups is 1. The van der Waals surface area contributed by atoms with Crippen LogP contribution in [0.15, 0.2) is 23.1 Å². The number of hydrogen-bond donors (Lipinski definition) is 0. The van der Waals surface area contributed by atoms with Gasteiger partial charge >= 0.3 is 0 Å². The summed E-state index contributed by atoms with van der Waals surface area (Å²) in [6, 6.07) is 4.72. The van der Waals surface area contributed by atoms with Gasteiger partial charge in [-0.1, -0.05) is 19.9 Å². The van der Waals surface area contributed by atoms with Crippen molar-refractivity contribution in [2.75, 3.05) is 5.75 Å². The van der Waals surface area contributed by atoms with E-state index in [0.29, 0.717) is 12.2 Å². The number of halogens is 1. The van der Waals surface area contributed by atoms with Crippen LogP contribution in [0.2, 0.25) is 0 Å². The normalized spacial score (nSPS) is 10.6. The van der Waals surface area contributed by atoms with Crippen LogP contribution in [-0.2, 0) is 0 Å². The molecule has 0 spiro atoms. The van der Waals surface area contributed by atoms with Gasteiger partial charge in [0.25, 0.3) is 0 Å². The predicted octanol–water partition coefficient (Wildman–Crippen LogP) is 3.39. The smallest absolute Gasteiger partial charge is 0.154 e. The highest BCUT2D eigenvalue weighted by atomic mass is 32.2. The topological polar surface area (TPSA) is 17.1 Å². The minimum Gasteiger partial charge on any atom is -0.298 e. The molecule has 76 valence electrons. The van der Waals surface area contributed by atoms with Crippen molar-refractivity contribution in [1.82, 2.24) is 0 Å². The molecular weight excluding hydrogens is 199 g/mol. The van der Waals surface area contributed by atoms with Gasteiger partial charge in [0.2, 0.25) is 0 Å². The average Bonchev–Trinajstić information content (AvgIpc) is 2.14. The van der Waals surface area contributed by atoms with E-state index >= 15 is 0 Å². The van der Waals surface area contributed by atoms with Gasteiger partial charge in [-0.25, -0.2) is 4.39 Å². The number of carbonyl (C=O) groups excluding carboxylic acids is 1. The molecule has 0 amide bonds. The van der Waals surface area contributed by atoms with Crippen LogP contribution in [0.3, 0.4) is 0 Å². The van der Waals surface area contributed by atoms with Crippen LogP contribution in [0.25, 0.3) is 0 Å². The van der Waals surface area contributed by atoms with Gasteiger partial charge in [0.15, 0.2) is 6.29 Å². The molecule has 0 fully saturated rings. The summed E-state index contributed by atoms with van der Waals surface area (Å²) in [6.45, 7) is 4.18. The van der Waals surface area contributed by atoms with Crippen molar-refractivity contribution < 1.29 is 9.18 Å². The maximum absolute atomic E-state index is 13.1. The lowest BCUT2D eigenvalue weighted by Crippen LogP contribution is -1.95. The summed E-state index contributed by atoms with van der Waals surface area (Å²) >= 11 is 1.52. The Labute approximate surface area is 87.7 Å². The number of rotatable bonds is 4. The highest BCUT2D eigenvalue weighted by molar-refractivity contribution is 7.99. The van der Waals surface area contributed by atoms with Gasteiger partial charge in [0.05, 0.1) is 5.56 Å². The van der Waals surface area contributed by atoms with Crippen molar-refractivity contribution in [1.29, 1.82) is 0 Å². The highest BCUT2D eigenvalue weighted by Crippen LogP contribution is 2.25. The minimum atomic E-state index is -0.436. The van der Waals surface area contributed by atoms with Crippen molar-refractivity contribution in [3.63, 3.8) is 0 Å². The van der Waals surface area contributed by atoms with E-state index in [2.05, 4.69) is 13.8 Å². The molecule has 1 aromatic rings. The monoisotopic (exact) mass is 212 g/mol. The van der Waals surface area contributed by atoms with Crippen LogP contribution in [0.1, 0.15) is 24.2 Å². The molecule has 0 bridgehead atoms. The van der Waals surface area contributed by atoms with E-state index < -0.39 is 5.82 Å². The summed E-state index contributed by atoms with van der Waals surface area (Å²) in [4.78, 5) is 11.4. The van der Waals surface area contributed by atoms with E-state index in [1.54, 1.807) is 12.1 Å². The first-order valence-corrected chi connectivity index (χ1v) is 5.50. The van der Waals surface area contributed by atoms with Crippen LogP contribution >= 0.6 is 11.8 Å². The maximum Gasteiger partial charge on any atom is 0.154 e. The number of hydrogen-bond acceptors (Lipinski definition) is 2. The Kier molecular flexibility index (Phi) is 4.14. The predicted molar refractivity (Wildman–Crippen MR) is 57.3 cm³/mol. The van der Waals surface area contributed by atoms with Crippen LogP contribution in [0.5, 0.6) is 0 Å². The first-order valence-electron chi connectivity index (χ1n) is 4.51. The summed E-state index contributed by atoms with van der Waals surface area (Å²) < 4.78 is 13.1. The first kappa shape index (κ1) is 11.2. The Morgan fingerprint density at radius 3 is 2.79 bits per heavy atom. The molecule has 0 aromatic heterocycles. The third kappa shape index (κ3) is 2.84. The van der Waals surface area contributed by atoms with Crippen LogP contribution in [-0.4, -0.2) is 12.0 Å². The lowest BCUT2D eigenvalue weighted by atomic mass is 10.2. The third-order valence-electron chi connectivity index (χ3n) is 1.70. The molecule has 1 nitrogen and oxygen atoms in total. The lowest BCUT2D eigenvalue weighted by Gasteiger charge is -2.06. The zero-order valence-corrected chi connectivity index (χ0v) is 9.10. The second-order valence-electron chi connectivity index (χ2n) is 3.47. The summed E-state index contributed by atoms with van der Waals surface area (Å²) in [5, 5.41) is 0. The number of aldehydes is 1. The molecule has 14 heavy (non-hydrogen) atoms. The summed E-state index contributed by atoms with van der Waals surface area (Å²) in [7, 11) is 0. The SMILES string of the molecule is CC(C)CSc1cccc(F)c1C=O. The molecule has 1 rings (SSSR count). The van der Waals surface area contributed by atoms with Gasteiger partial charge in [-0.05, 0) is 18.1 Å². The van der Waals surface area contributed by atoms with Crippen LogP contribution < -0.4 is 0 Å². The van der Waals surface area contributed by atoms with Gasteiger partial charge in [-0.3, -0.25) is 4.79 Å². The van der Waals surface area contributed by atoms with Crippen molar-refractivity contribution in [3.05, 3.63) is 29.6 Å². The van der Waals surface area contributed by atoms with Crippen molar-refractivity contribution in [3.8, 4) is 0 Å². The van der Waals surface area contributed by atoms with E-state index in [4.69, 9.17) is 0 Å². The Morgan fingerprint density at radius 1 is 1.50 bits per heavy atom. The molecular formula is C11H13FOS. The van der Waals surface area contributed by atoms with E-state index in [-0.39, 0.29) is 5.56 Å². The van der Waals surface area contributed by atoms with E-state index in [9.17, 15) is 9.18 Å². The molecule has 3 heteroatoms. The van der Waals surface area contributed by atoms with Crippen LogP contribution in [0.4, 0.5) is 4.39 Å². The van der Waals surface area contributed by atoms with Crippen molar-refractivity contribution in [2.45, 2.75) is 18.7 Å². The summed E-state index contributed by atoms with van der Waals surface area (Å²) in [5.41, 5.74) is 0.179. The molecule has 0 heterocycles. The lowest BCUT2D eigenvalue weighted by molar-refractivity contribution is 0.111. The molecule has 0 radical (unpaired) electrons. The third-order valence-corrected chi connectivity index (χ3v) is 3.20. The molecule has 0 aliphatic rings. The molecule has 0 saturated heterocycles. The van der Waals surface area contributed by atoms with E-state index in [1.807, 2.05) is 0 Å². The highest BCUT2D eigenvalue weighted by Gasteiger charge is 2.07. The van der Waals surface area contributed by atoms with Gasteiger partial charge in [0.1, 0.15) is 5.82 Å². The maximum atomic E-state index is 13.1. The molecule has 1 aromatic carbocycles. The summed E-state index contributed by atoms with van der Waals surface area (Å²) in [6.07, 6.45) is 0.581. The average molecular weight is 212 g/mol. The van der Waals surface area contributed by atoms with Crippen molar-refractivity contribution >= 4 is 18.0 Å². The summed E-state index contributed by atoms with van der Waals surface area (Å²) in [5.74, 6) is 0.987. The Hall–Kier alpha value is -0.830. The number of thioether (sulfide) groups is 1. The minimum absolute atomic E-state index is 0.179. The molecule has 0 N–H and O–H groups in total. The Bertz CT molecular complexity index is 323. The fourth-order valence-electron chi connectivity index (χ4n) is 1.01. The van der Waals surface area contributed by atoms with Gasteiger partial charge in [0, 0.05) is 10.6 Å². The molecule has 0 aliphatic carbocycles. The fraction of sp³-hybridized carbons (Fsp3) is 0.364. The Balaban J connectivity index is 2.85. The fourth-order valence-corrected chi connectivity index (χ4v) is 2.00. The zero-order valence-electron chi connectivity index (χ0n) is 8.29. The zero-order chi connectivity index (χ0) is 10.6. The van der Waals surface area contributed by atoms with E-state index in [1.165, 1.54) is 17.8 Å². The molecule has 0 atom stereocenters. The van der Waals surface area contributed by atoms with Gasteiger partial charge < -0.3 is 0 Å². The van der Waals surface area contributed by atoms with Gasteiger partial charge in [-0.15, -0.1) is 11.8 Å². The van der Waals surface area contributed by atoms with E-state index in [0.717, 1.165) is 10.6 Å². The molecule has 0 unspecified atom stereocenters. The van der Waals surface area contributed by atoms with Crippen LogP contribution in [0, 0.1) is 11.7 Å². The molecule has 0 aliphatic heterocycles. The second-order valence-corrected chi connectivity index (χ2v) is 4.54. The quantitative estimate of drug-likeness (QED) is 0.562.